The number of nitrogens with zero attached hydrogens (tertiary/aromatic N) is 1. The lowest BCUT2D eigenvalue weighted by molar-refractivity contribution is -0.311. The molecule has 0 radical (unpaired) electrons. The van der Waals surface area contributed by atoms with Gasteiger partial charge in [0.1, 0.15) is 4.32 Å². The summed E-state index contributed by atoms with van der Waals surface area (Å²) < 4.78 is 0.252. The van der Waals surface area contributed by atoms with Crippen LogP contribution >= 0.6 is 24.0 Å². The van der Waals surface area contributed by atoms with Gasteiger partial charge in [0.15, 0.2) is 0 Å². The van der Waals surface area contributed by atoms with E-state index < -0.39 is 12.0 Å². The lowest BCUT2D eigenvalue weighted by Crippen LogP contribution is -2.52. The molecule has 0 saturated carbocycles. The maximum absolute atomic E-state index is 12.6. The Labute approximate surface area is 151 Å². The largest absolute Gasteiger partial charge is 0.548 e. The van der Waals surface area contributed by atoms with Crippen LogP contribution in [0.5, 0.6) is 0 Å². The topological polar surface area (TPSA) is 60.4 Å². The van der Waals surface area contributed by atoms with Gasteiger partial charge < -0.3 is 9.90 Å². The molecule has 1 saturated heterocycles. The first-order chi connectivity index (χ1) is 11.3. The van der Waals surface area contributed by atoms with Crippen molar-refractivity contribution >= 4 is 46.3 Å². The summed E-state index contributed by atoms with van der Waals surface area (Å²) in [5.41, 5.74) is 1.91. The number of rotatable bonds is 5. The van der Waals surface area contributed by atoms with Crippen LogP contribution in [0.1, 0.15) is 26.3 Å². The van der Waals surface area contributed by atoms with Gasteiger partial charge in [-0.3, -0.25) is 9.69 Å². The third kappa shape index (κ3) is 4.13. The number of hydrogen-bond donors (Lipinski definition) is 0. The summed E-state index contributed by atoms with van der Waals surface area (Å²) in [6.45, 7) is 5.34. The molecule has 126 valence electrons. The minimum Gasteiger partial charge on any atom is -0.548 e. The molecular formula is C18H18NO3S2-. The highest BCUT2D eigenvalue weighted by atomic mass is 32.2. The van der Waals surface area contributed by atoms with Crippen LogP contribution in [0.3, 0.4) is 0 Å². The average Bonchev–Trinajstić information content (AvgIpc) is 2.75. The van der Waals surface area contributed by atoms with Gasteiger partial charge in [-0.1, -0.05) is 74.2 Å². The number of carboxylic acid groups (broad SMARTS) is 1. The number of carboxylic acids is 1. The predicted molar refractivity (Wildman–Crippen MR) is 98.8 cm³/mol. The van der Waals surface area contributed by atoms with Crippen molar-refractivity contribution in [1.82, 2.24) is 4.90 Å². The molecule has 1 amide bonds. The third-order valence-corrected chi connectivity index (χ3v) is 4.86. The Morgan fingerprint density at radius 1 is 1.29 bits per heavy atom. The summed E-state index contributed by atoms with van der Waals surface area (Å²) >= 11 is 6.33. The molecule has 1 aromatic rings. The highest BCUT2D eigenvalue weighted by Crippen LogP contribution is 2.34. The summed E-state index contributed by atoms with van der Waals surface area (Å²) in [5.74, 6) is -1.97. The molecule has 0 aromatic heterocycles. The lowest BCUT2D eigenvalue weighted by Gasteiger charge is -2.30. The van der Waals surface area contributed by atoms with E-state index in [9.17, 15) is 14.7 Å². The fourth-order valence-corrected chi connectivity index (χ4v) is 3.84. The Morgan fingerprint density at radius 3 is 2.46 bits per heavy atom. The molecule has 0 spiro atoms. The molecular weight excluding hydrogens is 342 g/mol. The maximum Gasteiger partial charge on any atom is 0.266 e. The van der Waals surface area contributed by atoms with Gasteiger partial charge in [-0.05, 0) is 30.1 Å². The number of carbonyl (C=O) groups is 2. The van der Waals surface area contributed by atoms with E-state index in [2.05, 4.69) is 0 Å². The second-order valence-electron chi connectivity index (χ2n) is 5.86. The molecule has 0 N–H and O–H groups in total. The Balaban J connectivity index is 2.28. The standard InChI is InChI=1S/C18H19NO3S2/c1-11(2)15(17(21)22)19-16(20)14(24-18(19)23)10-12(3)9-13-7-5-4-6-8-13/h4-11,15H,1-3H3,(H,21,22)/p-1/b12-9+,14-10-/t15-/m1/s1. The van der Waals surface area contributed by atoms with Gasteiger partial charge in [-0.25, -0.2) is 0 Å². The molecule has 1 fully saturated rings. The van der Waals surface area contributed by atoms with Gasteiger partial charge in [-0.15, -0.1) is 0 Å². The average molecular weight is 360 g/mol. The van der Waals surface area contributed by atoms with Crippen LogP contribution in [0.25, 0.3) is 6.08 Å². The Morgan fingerprint density at radius 2 is 1.92 bits per heavy atom. The molecule has 24 heavy (non-hydrogen) atoms. The second kappa shape index (κ2) is 7.77. The summed E-state index contributed by atoms with van der Waals surface area (Å²) in [7, 11) is 0. The molecule has 6 heteroatoms. The van der Waals surface area contributed by atoms with Crippen molar-refractivity contribution < 1.29 is 14.7 Å². The molecule has 1 atom stereocenters. The van der Waals surface area contributed by atoms with Crippen molar-refractivity contribution in [3.8, 4) is 0 Å². The monoisotopic (exact) mass is 360 g/mol. The van der Waals surface area contributed by atoms with Crippen LogP contribution in [0.2, 0.25) is 0 Å². The molecule has 2 rings (SSSR count). The zero-order chi connectivity index (χ0) is 17.9. The van der Waals surface area contributed by atoms with E-state index in [1.54, 1.807) is 19.9 Å². The molecule has 0 unspecified atom stereocenters. The minimum atomic E-state index is -1.29. The van der Waals surface area contributed by atoms with Gasteiger partial charge in [-0.2, -0.15) is 0 Å². The van der Waals surface area contributed by atoms with E-state index in [0.717, 1.165) is 27.8 Å². The third-order valence-electron chi connectivity index (χ3n) is 3.53. The van der Waals surface area contributed by atoms with Crippen LogP contribution in [0, 0.1) is 5.92 Å². The minimum absolute atomic E-state index is 0.252. The number of thioether (sulfide) groups is 1. The van der Waals surface area contributed by atoms with Crippen molar-refractivity contribution in [2.75, 3.05) is 0 Å². The molecule has 1 aromatic carbocycles. The first-order valence-corrected chi connectivity index (χ1v) is 8.75. The van der Waals surface area contributed by atoms with Gasteiger partial charge in [0.05, 0.1) is 16.9 Å². The normalized spacial score (nSPS) is 18.6. The van der Waals surface area contributed by atoms with E-state index >= 15 is 0 Å². The number of carbonyl (C=O) groups excluding carboxylic acids is 2. The number of hydrogen-bond acceptors (Lipinski definition) is 5. The first kappa shape index (κ1) is 18.4. The quantitative estimate of drug-likeness (QED) is 0.597. The van der Waals surface area contributed by atoms with E-state index in [1.165, 1.54) is 0 Å². The Kier molecular flexibility index (Phi) is 5.96. The molecule has 0 aliphatic carbocycles. The number of thiocarbonyl (C=S) groups is 1. The number of benzene rings is 1. The van der Waals surface area contributed by atoms with E-state index in [1.807, 2.05) is 43.3 Å². The molecule has 1 aliphatic rings. The zero-order valence-corrected chi connectivity index (χ0v) is 15.3. The van der Waals surface area contributed by atoms with E-state index in [0.29, 0.717) is 4.91 Å². The van der Waals surface area contributed by atoms with Gasteiger partial charge >= 0.3 is 0 Å². The maximum atomic E-state index is 12.6. The van der Waals surface area contributed by atoms with E-state index in [-0.39, 0.29) is 16.1 Å². The Bertz CT molecular complexity index is 723. The van der Waals surface area contributed by atoms with Crippen molar-refractivity contribution in [3.63, 3.8) is 0 Å². The van der Waals surface area contributed by atoms with Crippen molar-refractivity contribution in [2.24, 2.45) is 5.92 Å². The second-order valence-corrected chi connectivity index (χ2v) is 7.53. The van der Waals surface area contributed by atoms with Crippen LogP contribution < -0.4 is 5.11 Å². The van der Waals surface area contributed by atoms with Crippen molar-refractivity contribution in [2.45, 2.75) is 26.8 Å². The SMILES string of the molecule is CC(/C=C1\SC(=S)N([C@@H](C(=O)[O-])C(C)C)C1=O)=C\c1ccccc1. The Hall–Kier alpha value is -1.92. The number of allylic oxidation sites excluding steroid dienone is 2. The van der Waals surface area contributed by atoms with Gasteiger partial charge in [0, 0.05) is 0 Å². The highest BCUT2D eigenvalue weighted by molar-refractivity contribution is 8.26. The van der Waals surface area contributed by atoms with Gasteiger partial charge in [0.25, 0.3) is 5.91 Å². The van der Waals surface area contributed by atoms with E-state index in [4.69, 9.17) is 12.2 Å². The zero-order valence-electron chi connectivity index (χ0n) is 13.7. The molecule has 1 aliphatic heterocycles. The van der Waals surface area contributed by atoms with Crippen molar-refractivity contribution in [3.05, 3.63) is 52.4 Å². The van der Waals surface area contributed by atoms with Gasteiger partial charge in [0.2, 0.25) is 0 Å². The summed E-state index contributed by atoms with van der Waals surface area (Å²) in [6.07, 6.45) is 3.68. The molecule has 4 nitrogen and oxygen atoms in total. The van der Waals surface area contributed by atoms with Crippen LogP contribution in [0.4, 0.5) is 0 Å². The first-order valence-electron chi connectivity index (χ1n) is 7.52. The summed E-state index contributed by atoms with van der Waals surface area (Å²) in [4.78, 5) is 25.6. The van der Waals surface area contributed by atoms with Crippen molar-refractivity contribution in [1.29, 1.82) is 0 Å². The smallest absolute Gasteiger partial charge is 0.266 e. The summed E-state index contributed by atoms with van der Waals surface area (Å²) in [6, 6.07) is 8.68. The van der Waals surface area contributed by atoms with Crippen LogP contribution in [-0.2, 0) is 9.59 Å². The lowest BCUT2D eigenvalue weighted by atomic mass is 10.0. The molecule has 0 bridgehead atoms. The number of amides is 1. The molecule has 1 heterocycles. The highest BCUT2D eigenvalue weighted by Gasteiger charge is 2.38. The van der Waals surface area contributed by atoms with Crippen LogP contribution in [-0.4, -0.2) is 27.1 Å². The fraction of sp³-hybridized carbons (Fsp3) is 0.278. The predicted octanol–water partition coefficient (Wildman–Crippen LogP) is 2.61. The summed E-state index contributed by atoms with van der Waals surface area (Å²) in [5, 5.41) is 11.4. The van der Waals surface area contributed by atoms with Crippen LogP contribution in [0.15, 0.2) is 46.9 Å². The fourth-order valence-electron chi connectivity index (χ4n) is 2.46. The number of aliphatic carboxylic acids is 1.